The number of allylic oxidation sites excluding steroid dienone is 2. The van der Waals surface area contributed by atoms with Crippen molar-refractivity contribution in [2.24, 2.45) is 0 Å². The van der Waals surface area contributed by atoms with E-state index in [1.54, 1.807) is 0 Å². The van der Waals surface area contributed by atoms with Gasteiger partial charge < -0.3 is 20.1 Å². The monoisotopic (exact) mass is 732 g/mol. The molecule has 3 N–H and O–H groups in total. The molecule has 0 rings (SSSR count). The summed E-state index contributed by atoms with van der Waals surface area (Å²) < 4.78 is 26.8. The molecule has 0 radical (unpaired) electrons. The van der Waals surface area contributed by atoms with Crippen LogP contribution < -0.4 is 5.32 Å². The third kappa shape index (κ3) is 38.0. The Kier molecular flexibility index (Phi) is 36.6. The number of carbonyl (C=O) groups excluding carboxylic acids is 2. The van der Waals surface area contributed by atoms with Crippen LogP contribution in [-0.4, -0.2) is 54.3 Å². The fourth-order valence-corrected chi connectivity index (χ4v) is 6.54. The van der Waals surface area contributed by atoms with Crippen molar-refractivity contribution >= 4 is 19.7 Å². The van der Waals surface area contributed by atoms with Crippen LogP contribution in [0.5, 0.6) is 0 Å². The first-order valence-corrected chi connectivity index (χ1v) is 22.2. The molecule has 0 fully saturated rings. The molecule has 0 saturated carbocycles. The summed E-state index contributed by atoms with van der Waals surface area (Å²) in [7, 11) is -4.41. The Balaban J connectivity index is 3.59. The maximum absolute atomic E-state index is 12.1. The van der Waals surface area contributed by atoms with E-state index in [9.17, 15) is 24.2 Å². The third-order valence-corrected chi connectivity index (χ3v) is 9.93. The summed E-state index contributed by atoms with van der Waals surface area (Å²) in [6.45, 7) is 3.54. The highest BCUT2D eigenvalue weighted by Gasteiger charge is 2.23. The van der Waals surface area contributed by atoms with Crippen LogP contribution in [0.15, 0.2) is 12.2 Å². The Hall–Kier alpha value is -1.25. The predicted molar refractivity (Wildman–Crippen MR) is 206 cm³/mol. The van der Waals surface area contributed by atoms with E-state index in [1.807, 2.05) is 0 Å². The van der Waals surface area contributed by atoms with Gasteiger partial charge in [-0.05, 0) is 38.5 Å². The van der Waals surface area contributed by atoms with E-state index in [0.717, 1.165) is 57.8 Å². The number of aliphatic hydroxyl groups is 1. The third-order valence-electron chi connectivity index (χ3n) is 8.95. The number of rotatable bonds is 39. The van der Waals surface area contributed by atoms with Gasteiger partial charge in [-0.25, -0.2) is 4.57 Å². The maximum Gasteiger partial charge on any atom is 0.472 e. The molecular weight excluding hydrogens is 653 g/mol. The number of hydrogen-bond acceptors (Lipinski definition) is 7. The van der Waals surface area contributed by atoms with Crippen molar-refractivity contribution in [3.05, 3.63) is 12.2 Å². The minimum Gasteiger partial charge on any atom is -0.463 e. The highest BCUT2D eigenvalue weighted by molar-refractivity contribution is 7.47. The lowest BCUT2D eigenvalue weighted by Gasteiger charge is -2.15. The van der Waals surface area contributed by atoms with Gasteiger partial charge in [0.15, 0.2) is 0 Å². The van der Waals surface area contributed by atoms with E-state index >= 15 is 0 Å². The Bertz CT molecular complexity index is 840. The number of hydrogen-bond donors (Lipinski definition) is 3. The Morgan fingerprint density at radius 2 is 1.02 bits per heavy atom. The second-order valence-electron chi connectivity index (χ2n) is 14.0. The smallest absolute Gasteiger partial charge is 0.463 e. The largest absolute Gasteiger partial charge is 0.472 e. The van der Waals surface area contributed by atoms with Crippen molar-refractivity contribution in [1.29, 1.82) is 0 Å². The first-order chi connectivity index (χ1) is 24.3. The number of carbonyl (C=O) groups is 2. The lowest BCUT2D eigenvalue weighted by atomic mass is 10.0. The average molecular weight is 732 g/mol. The van der Waals surface area contributed by atoms with Crippen molar-refractivity contribution in [2.75, 3.05) is 26.4 Å². The molecule has 1 amide bonds. The molecule has 10 heteroatoms. The van der Waals surface area contributed by atoms with E-state index in [1.165, 1.54) is 116 Å². The number of esters is 1. The SMILES string of the molecule is CCCCCC/C=C\CCCCCCCC(=O)OCC(O)COP(=O)(O)OCCNC(=O)CCCCCCCCCCCCCCCCCC. The van der Waals surface area contributed by atoms with Crippen LogP contribution in [0, 0.1) is 0 Å². The van der Waals surface area contributed by atoms with Crippen LogP contribution in [0.25, 0.3) is 0 Å². The molecule has 0 bridgehead atoms. The summed E-state index contributed by atoms with van der Waals surface area (Å²) >= 11 is 0. The second-order valence-corrected chi connectivity index (χ2v) is 15.4. The van der Waals surface area contributed by atoms with E-state index in [-0.39, 0.29) is 32.1 Å². The number of phosphoric ester groups is 1. The van der Waals surface area contributed by atoms with E-state index in [4.69, 9.17) is 13.8 Å². The Morgan fingerprint density at radius 1 is 0.600 bits per heavy atom. The molecule has 0 aromatic rings. The average Bonchev–Trinajstić information content (AvgIpc) is 3.10. The summed E-state index contributed by atoms with van der Waals surface area (Å²) in [5, 5.41) is 12.7. The Morgan fingerprint density at radius 3 is 1.52 bits per heavy atom. The molecule has 0 aliphatic carbocycles. The highest BCUT2D eigenvalue weighted by Crippen LogP contribution is 2.42. The first-order valence-electron chi connectivity index (χ1n) is 20.7. The summed E-state index contributed by atoms with van der Waals surface area (Å²) in [6.07, 6.45) is 37.1. The molecule has 2 unspecified atom stereocenters. The molecule has 50 heavy (non-hydrogen) atoms. The zero-order chi connectivity index (χ0) is 36.8. The minimum atomic E-state index is -4.41. The van der Waals surface area contributed by atoms with Crippen LogP contribution in [0.2, 0.25) is 0 Å². The number of phosphoric acid groups is 1. The number of nitrogens with one attached hydrogen (secondary N) is 1. The van der Waals surface area contributed by atoms with Crippen LogP contribution in [0.3, 0.4) is 0 Å². The van der Waals surface area contributed by atoms with Crippen molar-refractivity contribution in [3.63, 3.8) is 0 Å². The molecule has 9 nitrogen and oxygen atoms in total. The van der Waals surface area contributed by atoms with Gasteiger partial charge >= 0.3 is 13.8 Å². The normalized spacial score (nSPS) is 13.4. The van der Waals surface area contributed by atoms with E-state index in [0.29, 0.717) is 6.42 Å². The molecule has 0 aromatic carbocycles. The van der Waals surface area contributed by atoms with Crippen molar-refractivity contribution < 1.29 is 37.9 Å². The molecule has 0 aliphatic rings. The number of unbranched alkanes of at least 4 members (excludes halogenated alkanes) is 24. The van der Waals surface area contributed by atoms with Gasteiger partial charge in [-0.15, -0.1) is 0 Å². The molecule has 0 heterocycles. The van der Waals surface area contributed by atoms with Gasteiger partial charge in [-0.3, -0.25) is 18.6 Å². The molecule has 0 saturated heterocycles. The maximum atomic E-state index is 12.1. The van der Waals surface area contributed by atoms with Gasteiger partial charge in [0.2, 0.25) is 5.91 Å². The molecule has 0 spiro atoms. The number of aliphatic hydroxyl groups excluding tert-OH is 1. The molecule has 296 valence electrons. The summed E-state index contributed by atoms with van der Waals surface area (Å²) in [4.78, 5) is 33.8. The van der Waals surface area contributed by atoms with Crippen LogP contribution in [0.1, 0.15) is 200 Å². The van der Waals surface area contributed by atoms with E-state index in [2.05, 4.69) is 31.3 Å². The highest BCUT2D eigenvalue weighted by atomic mass is 31.2. The fourth-order valence-electron chi connectivity index (χ4n) is 5.79. The molecular formula is C40H78NO8P. The summed E-state index contributed by atoms with van der Waals surface area (Å²) in [6, 6.07) is 0. The van der Waals surface area contributed by atoms with Crippen LogP contribution in [0.4, 0.5) is 0 Å². The molecule has 0 aromatic heterocycles. The van der Waals surface area contributed by atoms with Gasteiger partial charge in [0, 0.05) is 19.4 Å². The second kappa shape index (κ2) is 37.5. The fraction of sp³-hybridized carbons (Fsp3) is 0.900. The van der Waals surface area contributed by atoms with Crippen molar-refractivity contribution in [2.45, 2.75) is 206 Å². The van der Waals surface area contributed by atoms with Gasteiger partial charge in [-0.2, -0.15) is 0 Å². The summed E-state index contributed by atoms with van der Waals surface area (Å²) in [5.74, 6) is -0.519. The lowest BCUT2D eigenvalue weighted by molar-refractivity contribution is -0.147. The van der Waals surface area contributed by atoms with Crippen LogP contribution >= 0.6 is 7.82 Å². The van der Waals surface area contributed by atoms with Crippen molar-refractivity contribution in [3.8, 4) is 0 Å². The van der Waals surface area contributed by atoms with Gasteiger partial charge in [0.25, 0.3) is 0 Å². The van der Waals surface area contributed by atoms with Gasteiger partial charge in [0.05, 0.1) is 13.2 Å². The quantitative estimate of drug-likeness (QED) is 0.0246. The van der Waals surface area contributed by atoms with E-state index < -0.39 is 26.5 Å². The van der Waals surface area contributed by atoms with Gasteiger partial charge in [-0.1, -0.05) is 161 Å². The summed E-state index contributed by atoms with van der Waals surface area (Å²) in [5.41, 5.74) is 0. The van der Waals surface area contributed by atoms with Crippen LogP contribution in [-0.2, 0) is 27.9 Å². The van der Waals surface area contributed by atoms with Gasteiger partial charge in [0.1, 0.15) is 12.7 Å². The standard InChI is InChI=1S/C40H78NO8P/c1-3-5-7-9-11-13-15-17-18-19-21-22-24-26-28-30-32-39(43)41-34-35-48-50(45,46)49-37-38(42)36-47-40(44)33-31-29-27-25-23-20-16-14-12-10-8-6-4-2/h14,16,38,42H,3-13,15,17-37H2,1-2H3,(H,41,43)(H,45,46)/b16-14-. The molecule has 0 aliphatic heterocycles. The predicted octanol–water partition coefficient (Wildman–Crippen LogP) is 11.0. The lowest BCUT2D eigenvalue weighted by Crippen LogP contribution is -2.27. The number of amides is 1. The Labute approximate surface area is 307 Å². The zero-order valence-corrected chi connectivity index (χ0v) is 33.3. The topological polar surface area (TPSA) is 131 Å². The first kappa shape index (κ1) is 48.8. The zero-order valence-electron chi connectivity index (χ0n) is 32.4. The van der Waals surface area contributed by atoms with Crippen molar-refractivity contribution in [1.82, 2.24) is 5.32 Å². The number of ether oxygens (including phenoxy) is 1. The minimum absolute atomic E-state index is 0.0853. The molecule has 2 atom stereocenters.